The molecule has 0 aliphatic rings. The van der Waals surface area contributed by atoms with Gasteiger partial charge in [-0.15, -0.1) is 21.5 Å². The summed E-state index contributed by atoms with van der Waals surface area (Å²) in [6.45, 7) is 2.58. The lowest BCUT2D eigenvalue weighted by molar-refractivity contribution is -0.113. The highest BCUT2D eigenvalue weighted by Crippen LogP contribution is 2.31. The van der Waals surface area contributed by atoms with E-state index in [0.717, 1.165) is 35.1 Å². The summed E-state index contributed by atoms with van der Waals surface area (Å²) in [4.78, 5) is 16.7. The van der Waals surface area contributed by atoms with E-state index in [0.29, 0.717) is 28.4 Å². The molecule has 0 aliphatic carbocycles. The average Bonchev–Trinajstić information content (AvgIpc) is 3.45. The second kappa shape index (κ2) is 10.1. The van der Waals surface area contributed by atoms with Gasteiger partial charge in [-0.2, -0.15) is 0 Å². The molecule has 170 valence electrons. The van der Waals surface area contributed by atoms with E-state index in [9.17, 15) is 13.6 Å². The van der Waals surface area contributed by atoms with Crippen LogP contribution in [0.4, 0.5) is 13.9 Å². The lowest BCUT2D eigenvalue weighted by atomic mass is 10.1. The average molecular weight is 488 g/mol. The van der Waals surface area contributed by atoms with E-state index in [-0.39, 0.29) is 22.9 Å². The molecule has 33 heavy (non-hydrogen) atoms. The molecule has 2 heterocycles. The van der Waals surface area contributed by atoms with Crippen LogP contribution in [0.3, 0.4) is 0 Å². The van der Waals surface area contributed by atoms with Crippen LogP contribution in [0.5, 0.6) is 5.75 Å². The third kappa shape index (κ3) is 5.04. The molecular formula is C22H19F2N5O2S2. The van der Waals surface area contributed by atoms with Crippen LogP contribution in [-0.4, -0.2) is 38.5 Å². The highest BCUT2D eigenvalue weighted by Gasteiger charge is 2.18. The maximum absolute atomic E-state index is 14.0. The Bertz CT molecular complexity index is 1290. The van der Waals surface area contributed by atoms with Crippen molar-refractivity contribution >= 4 is 34.1 Å². The van der Waals surface area contributed by atoms with Gasteiger partial charge in [-0.1, -0.05) is 23.9 Å². The van der Waals surface area contributed by atoms with Crippen molar-refractivity contribution in [1.82, 2.24) is 19.7 Å². The second-order valence-corrected chi connectivity index (χ2v) is 8.55. The monoisotopic (exact) mass is 487 g/mol. The first kappa shape index (κ1) is 22.9. The van der Waals surface area contributed by atoms with Crippen molar-refractivity contribution in [2.75, 3.05) is 18.2 Å². The lowest BCUT2D eigenvalue weighted by Crippen LogP contribution is -2.14. The number of aromatic nitrogens is 4. The van der Waals surface area contributed by atoms with E-state index in [1.165, 1.54) is 11.8 Å². The van der Waals surface area contributed by atoms with Crippen molar-refractivity contribution in [1.29, 1.82) is 0 Å². The van der Waals surface area contributed by atoms with Gasteiger partial charge in [-0.05, 0) is 37.3 Å². The van der Waals surface area contributed by atoms with Crippen molar-refractivity contribution in [2.45, 2.75) is 18.6 Å². The number of thiazole rings is 1. The number of methoxy groups -OCH3 is 1. The van der Waals surface area contributed by atoms with Crippen LogP contribution in [0, 0.1) is 11.6 Å². The summed E-state index contributed by atoms with van der Waals surface area (Å²) in [5.74, 6) is -0.0329. The molecule has 0 unspecified atom stereocenters. The van der Waals surface area contributed by atoms with E-state index in [1.54, 1.807) is 12.5 Å². The maximum atomic E-state index is 14.0. The van der Waals surface area contributed by atoms with E-state index in [2.05, 4.69) is 20.5 Å². The largest absolute Gasteiger partial charge is 0.496 e. The van der Waals surface area contributed by atoms with Gasteiger partial charge >= 0.3 is 0 Å². The molecule has 2 aromatic heterocycles. The van der Waals surface area contributed by atoms with Crippen molar-refractivity contribution in [3.63, 3.8) is 0 Å². The molecule has 0 aliphatic heterocycles. The highest BCUT2D eigenvalue weighted by atomic mass is 32.2. The van der Waals surface area contributed by atoms with Crippen LogP contribution in [0.15, 0.2) is 53.0 Å². The molecule has 4 aromatic rings. The van der Waals surface area contributed by atoms with Crippen LogP contribution in [0.2, 0.25) is 0 Å². The highest BCUT2D eigenvalue weighted by molar-refractivity contribution is 7.99. The molecule has 1 N–H and O–H groups in total. The first-order valence-corrected chi connectivity index (χ1v) is 11.8. The number of anilines is 1. The van der Waals surface area contributed by atoms with Gasteiger partial charge < -0.3 is 14.6 Å². The third-order valence-corrected chi connectivity index (χ3v) is 6.39. The fourth-order valence-corrected chi connectivity index (χ4v) is 4.67. The summed E-state index contributed by atoms with van der Waals surface area (Å²) in [5.41, 5.74) is 1.11. The molecule has 0 atom stereocenters. The van der Waals surface area contributed by atoms with Gasteiger partial charge in [0, 0.05) is 17.5 Å². The Labute approximate surface area is 196 Å². The first-order chi connectivity index (χ1) is 16.0. The standard InChI is InChI=1S/C22H19F2N5O2S2/c1-3-29-20(14-6-4-5-7-18(14)31-2)27-28-22(29)33-12-19(30)26-21-25-17(11-32-21)15-10-13(23)8-9-16(15)24/h4-11H,3,12H2,1-2H3,(H,25,26,30). The number of hydrogen-bond donors (Lipinski definition) is 1. The van der Waals surface area contributed by atoms with Crippen LogP contribution in [0.1, 0.15) is 6.92 Å². The number of halogens is 2. The summed E-state index contributed by atoms with van der Waals surface area (Å²) in [6.07, 6.45) is 0. The van der Waals surface area contributed by atoms with Crippen molar-refractivity contribution in [3.8, 4) is 28.4 Å². The zero-order chi connectivity index (χ0) is 23.4. The Morgan fingerprint density at radius 2 is 2.00 bits per heavy atom. The van der Waals surface area contributed by atoms with Gasteiger partial charge in [0.05, 0.1) is 24.1 Å². The summed E-state index contributed by atoms with van der Waals surface area (Å²) < 4.78 is 34.7. The van der Waals surface area contributed by atoms with Gasteiger partial charge in [0.1, 0.15) is 17.4 Å². The number of rotatable bonds is 8. The Morgan fingerprint density at radius 3 is 2.79 bits per heavy atom. The zero-order valence-corrected chi connectivity index (χ0v) is 19.3. The van der Waals surface area contributed by atoms with Gasteiger partial charge in [-0.3, -0.25) is 4.79 Å². The Morgan fingerprint density at radius 1 is 1.18 bits per heavy atom. The molecule has 4 rings (SSSR count). The molecule has 0 fully saturated rings. The number of carbonyl (C=O) groups is 1. The molecule has 0 saturated heterocycles. The smallest absolute Gasteiger partial charge is 0.236 e. The quantitative estimate of drug-likeness (QED) is 0.348. The number of nitrogens with zero attached hydrogens (tertiary/aromatic N) is 4. The maximum Gasteiger partial charge on any atom is 0.236 e. The number of nitrogens with one attached hydrogen (secondary N) is 1. The van der Waals surface area contributed by atoms with Gasteiger partial charge in [-0.25, -0.2) is 13.8 Å². The molecular weight excluding hydrogens is 468 g/mol. The summed E-state index contributed by atoms with van der Waals surface area (Å²) in [5, 5.41) is 13.7. The number of benzene rings is 2. The summed E-state index contributed by atoms with van der Waals surface area (Å²) in [7, 11) is 1.60. The molecule has 0 bridgehead atoms. The molecule has 0 saturated carbocycles. The fraction of sp³-hybridized carbons (Fsp3) is 0.182. The van der Waals surface area contributed by atoms with Crippen molar-refractivity contribution < 1.29 is 18.3 Å². The minimum atomic E-state index is -0.583. The predicted molar refractivity (Wildman–Crippen MR) is 125 cm³/mol. The normalized spacial score (nSPS) is 10.9. The van der Waals surface area contributed by atoms with Gasteiger partial charge in [0.15, 0.2) is 16.1 Å². The molecule has 11 heteroatoms. The number of para-hydroxylation sites is 1. The Kier molecular flexibility index (Phi) is 6.99. The van der Waals surface area contributed by atoms with E-state index < -0.39 is 11.6 Å². The van der Waals surface area contributed by atoms with E-state index in [4.69, 9.17) is 4.74 Å². The van der Waals surface area contributed by atoms with Crippen LogP contribution >= 0.6 is 23.1 Å². The first-order valence-electron chi connectivity index (χ1n) is 9.90. The number of thioether (sulfide) groups is 1. The molecule has 0 spiro atoms. The number of amides is 1. The molecule has 1 amide bonds. The predicted octanol–water partition coefficient (Wildman–Crippen LogP) is 5.11. The lowest BCUT2D eigenvalue weighted by Gasteiger charge is -2.10. The number of hydrogen-bond acceptors (Lipinski definition) is 7. The topological polar surface area (TPSA) is 81.9 Å². The molecule has 7 nitrogen and oxygen atoms in total. The van der Waals surface area contributed by atoms with Crippen LogP contribution in [-0.2, 0) is 11.3 Å². The zero-order valence-electron chi connectivity index (χ0n) is 17.7. The number of ether oxygens (including phenoxy) is 1. The van der Waals surface area contributed by atoms with E-state index in [1.807, 2.05) is 35.8 Å². The minimum Gasteiger partial charge on any atom is -0.496 e. The summed E-state index contributed by atoms with van der Waals surface area (Å²) >= 11 is 2.37. The Balaban J connectivity index is 1.43. The summed E-state index contributed by atoms with van der Waals surface area (Å²) in [6, 6.07) is 10.7. The molecule has 2 aromatic carbocycles. The fourth-order valence-electron chi connectivity index (χ4n) is 3.14. The van der Waals surface area contributed by atoms with Gasteiger partial charge in [0.25, 0.3) is 0 Å². The third-order valence-electron chi connectivity index (χ3n) is 4.67. The van der Waals surface area contributed by atoms with Crippen LogP contribution < -0.4 is 10.1 Å². The van der Waals surface area contributed by atoms with Crippen molar-refractivity contribution in [2.24, 2.45) is 0 Å². The minimum absolute atomic E-state index is 0.0426. The molecule has 0 radical (unpaired) electrons. The van der Waals surface area contributed by atoms with Crippen LogP contribution in [0.25, 0.3) is 22.6 Å². The number of carbonyl (C=O) groups excluding carboxylic acids is 1. The van der Waals surface area contributed by atoms with Crippen molar-refractivity contribution in [3.05, 3.63) is 59.5 Å². The van der Waals surface area contributed by atoms with E-state index >= 15 is 0 Å². The second-order valence-electron chi connectivity index (χ2n) is 6.75. The Hall–Kier alpha value is -3.31. The SMILES string of the molecule is CCn1c(SCC(=O)Nc2nc(-c3cc(F)ccc3F)cs2)nnc1-c1ccccc1OC. The van der Waals surface area contributed by atoms with Gasteiger partial charge in [0.2, 0.25) is 5.91 Å².